The molecule has 0 aliphatic heterocycles. The Bertz CT molecular complexity index is 739. The quantitative estimate of drug-likeness (QED) is 0.632. The Labute approximate surface area is 86.0 Å². The number of aromatic amines is 2. The number of aromatic nitrogens is 2. The lowest BCUT2D eigenvalue weighted by atomic mass is 10.1. The van der Waals surface area contributed by atoms with Gasteiger partial charge >= 0.3 is 11.1 Å². The smallest absolute Gasteiger partial charge is 0.314 e. The van der Waals surface area contributed by atoms with E-state index in [2.05, 4.69) is 0 Å². The molecule has 0 saturated heterocycles. The normalized spacial score (nSPS) is 10.3. The van der Waals surface area contributed by atoms with Crippen LogP contribution in [0, 0.1) is 23.0 Å². The van der Waals surface area contributed by atoms with E-state index in [4.69, 9.17) is 5.26 Å². The number of hydrogen-bond acceptors (Lipinski definition) is 3. The standard InChI is InChI=1S/C9H3F2N3O2/c10-4-1-5-7(3(2-12)6(4)11)14-9(16)8(15)13-5/h1H,(H,13,15)(H,14,16). The molecule has 7 heteroatoms. The second-order valence-corrected chi connectivity index (χ2v) is 2.99. The van der Waals surface area contributed by atoms with Gasteiger partial charge in [-0.2, -0.15) is 5.26 Å². The summed E-state index contributed by atoms with van der Waals surface area (Å²) in [6.07, 6.45) is 0. The van der Waals surface area contributed by atoms with Crippen LogP contribution in [0.5, 0.6) is 0 Å². The highest BCUT2D eigenvalue weighted by Crippen LogP contribution is 2.18. The minimum absolute atomic E-state index is 0.139. The van der Waals surface area contributed by atoms with E-state index in [1.807, 2.05) is 9.97 Å². The lowest BCUT2D eigenvalue weighted by Gasteiger charge is -2.01. The van der Waals surface area contributed by atoms with Gasteiger partial charge in [0.25, 0.3) is 0 Å². The van der Waals surface area contributed by atoms with Gasteiger partial charge in [-0.05, 0) is 0 Å². The van der Waals surface area contributed by atoms with Gasteiger partial charge < -0.3 is 9.97 Å². The van der Waals surface area contributed by atoms with Crippen LogP contribution in [0.25, 0.3) is 11.0 Å². The molecule has 2 rings (SSSR count). The van der Waals surface area contributed by atoms with Crippen molar-refractivity contribution < 1.29 is 8.78 Å². The van der Waals surface area contributed by atoms with Crippen LogP contribution in [-0.4, -0.2) is 9.97 Å². The fourth-order valence-corrected chi connectivity index (χ4v) is 1.31. The minimum Gasteiger partial charge on any atom is -0.316 e. The molecule has 0 fully saturated rings. The van der Waals surface area contributed by atoms with Crippen LogP contribution in [-0.2, 0) is 0 Å². The number of nitriles is 1. The van der Waals surface area contributed by atoms with Gasteiger partial charge in [0.1, 0.15) is 11.6 Å². The SMILES string of the molecule is N#Cc1c(F)c(F)cc2[nH]c(=O)c(=O)[nH]c12. The van der Waals surface area contributed by atoms with Gasteiger partial charge in [-0.3, -0.25) is 9.59 Å². The molecule has 0 aliphatic carbocycles. The van der Waals surface area contributed by atoms with Gasteiger partial charge in [0.15, 0.2) is 11.6 Å². The Kier molecular flexibility index (Phi) is 2.05. The van der Waals surface area contributed by atoms with Crippen LogP contribution in [0.3, 0.4) is 0 Å². The van der Waals surface area contributed by atoms with E-state index >= 15 is 0 Å². The number of H-pyrrole nitrogens is 2. The Morgan fingerprint density at radius 1 is 1.19 bits per heavy atom. The first-order chi connectivity index (χ1) is 7.54. The maximum absolute atomic E-state index is 13.2. The molecule has 0 saturated carbocycles. The van der Waals surface area contributed by atoms with E-state index in [1.165, 1.54) is 6.07 Å². The van der Waals surface area contributed by atoms with E-state index in [-0.39, 0.29) is 11.0 Å². The molecule has 1 aromatic heterocycles. The molecule has 5 nitrogen and oxygen atoms in total. The van der Waals surface area contributed by atoms with Crippen LogP contribution in [0.2, 0.25) is 0 Å². The summed E-state index contributed by atoms with van der Waals surface area (Å²) in [5, 5.41) is 8.63. The van der Waals surface area contributed by atoms with Crippen molar-refractivity contribution in [1.29, 1.82) is 5.26 Å². The average Bonchev–Trinajstić information content (AvgIpc) is 2.24. The van der Waals surface area contributed by atoms with E-state index in [9.17, 15) is 18.4 Å². The van der Waals surface area contributed by atoms with E-state index in [1.54, 1.807) is 0 Å². The first-order valence-corrected chi connectivity index (χ1v) is 4.09. The van der Waals surface area contributed by atoms with Crippen molar-refractivity contribution in [1.82, 2.24) is 9.97 Å². The van der Waals surface area contributed by atoms with Crippen LogP contribution in [0.15, 0.2) is 15.7 Å². The van der Waals surface area contributed by atoms with Gasteiger partial charge in [0, 0.05) is 6.07 Å². The predicted molar refractivity (Wildman–Crippen MR) is 49.8 cm³/mol. The third-order valence-corrected chi connectivity index (χ3v) is 2.02. The zero-order chi connectivity index (χ0) is 11.9. The van der Waals surface area contributed by atoms with Crippen molar-refractivity contribution in [3.8, 4) is 6.07 Å². The van der Waals surface area contributed by atoms with Crippen molar-refractivity contribution >= 4 is 11.0 Å². The summed E-state index contributed by atoms with van der Waals surface area (Å²) >= 11 is 0. The molecular weight excluding hydrogens is 220 g/mol. The monoisotopic (exact) mass is 223 g/mol. The number of fused-ring (bicyclic) bond motifs is 1. The molecule has 0 bridgehead atoms. The van der Waals surface area contributed by atoms with Crippen LogP contribution in [0.4, 0.5) is 8.78 Å². The average molecular weight is 223 g/mol. The Morgan fingerprint density at radius 3 is 2.44 bits per heavy atom. The summed E-state index contributed by atoms with van der Waals surface area (Å²) in [6.45, 7) is 0. The van der Waals surface area contributed by atoms with Gasteiger partial charge in [0.05, 0.1) is 11.0 Å². The molecule has 0 spiro atoms. The topological polar surface area (TPSA) is 89.5 Å². The predicted octanol–water partition coefficient (Wildman–Crippen LogP) is 0.366. The second kappa shape index (κ2) is 3.27. The van der Waals surface area contributed by atoms with Crippen LogP contribution < -0.4 is 11.1 Å². The highest BCUT2D eigenvalue weighted by atomic mass is 19.2. The van der Waals surface area contributed by atoms with Gasteiger partial charge in [-0.15, -0.1) is 0 Å². The molecule has 0 unspecified atom stereocenters. The molecular formula is C9H3F2N3O2. The first kappa shape index (κ1) is 10.0. The summed E-state index contributed by atoms with van der Waals surface area (Å²) in [7, 11) is 0. The van der Waals surface area contributed by atoms with Crippen molar-refractivity contribution in [2.75, 3.05) is 0 Å². The summed E-state index contributed by atoms with van der Waals surface area (Å²) < 4.78 is 26.1. The van der Waals surface area contributed by atoms with E-state index in [0.717, 1.165) is 0 Å². The second-order valence-electron chi connectivity index (χ2n) is 2.99. The Morgan fingerprint density at radius 2 is 1.81 bits per heavy atom. The molecule has 2 aromatic rings. The lowest BCUT2D eigenvalue weighted by Crippen LogP contribution is -2.29. The number of benzene rings is 1. The van der Waals surface area contributed by atoms with Crippen molar-refractivity contribution in [3.63, 3.8) is 0 Å². The van der Waals surface area contributed by atoms with Gasteiger partial charge in [-0.1, -0.05) is 0 Å². The number of hydrogen-bond donors (Lipinski definition) is 2. The molecule has 1 heterocycles. The number of nitrogens with one attached hydrogen (secondary N) is 2. The number of rotatable bonds is 0. The summed E-state index contributed by atoms with van der Waals surface area (Å²) in [4.78, 5) is 26.0. The maximum atomic E-state index is 13.2. The highest BCUT2D eigenvalue weighted by molar-refractivity contribution is 5.80. The summed E-state index contributed by atoms with van der Waals surface area (Å²) in [5.74, 6) is -2.63. The first-order valence-electron chi connectivity index (χ1n) is 4.09. The largest absolute Gasteiger partial charge is 0.316 e. The molecule has 2 N–H and O–H groups in total. The van der Waals surface area contributed by atoms with E-state index < -0.39 is 28.3 Å². The Hall–Kier alpha value is -2.49. The lowest BCUT2D eigenvalue weighted by molar-refractivity contribution is 0.508. The summed E-state index contributed by atoms with van der Waals surface area (Å²) in [6, 6.07) is 2.12. The maximum Gasteiger partial charge on any atom is 0.314 e. The third-order valence-electron chi connectivity index (χ3n) is 2.02. The zero-order valence-corrected chi connectivity index (χ0v) is 7.60. The summed E-state index contributed by atoms with van der Waals surface area (Å²) in [5.41, 5.74) is -3.05. The van der Waals surface area contributed by atoms with Gasteiger partial charge in [-0.25, -0.2) is 8.78 Å². The number of halogens is 2. The van der Waals surface area contributed by atoms with Gasteiger partial charge in [0.2, 0.25) is 0 Å². The van der Waals surface area contributed by atoms with Crippen LogP contribution in [0.1, 0.15) is 5.56 Å². The van der Waals surface area contributed by atoms with Crippen molar-refractivity contribution in [2.45, 2.75) is 0 Å². The zero-order valence-electron chi connectivity index (χ0n) is 7.60. The highest BCUT2D eigenvalue weighted by Gasteiger charge is 2.15. The minimum atomic E-state index is -1.36. The molecule has 16 heavy (non-hydrogen) atoms. The Balaban J connectivity index is 3.11. The molecule has 0 atom stereocenters. The molecule has 0 amide bonds. The van der Waals surface area contributed by atoms with Crippen molar-refractivity contribution in [3.05, 3.63) is 44.0 Å². The number of nitrogens with zero attached hydrogens (tertiary/aromatic N) is 1. The fraction of sp³-hybridized carbons (Fsp3) is 0. The molecule has 1 aromatic carbocycles. The van der Waals surface area contributed by atoms with Crippen LogP contribution >= 0.6 is 0 Å². The van der Waals surface area contributed by atoms with Crippen molar-refractivity contribution in [2.24, 2.45) is 0 Å². The van der Waals surface area contributed by atoms with E-state index in [0.29, 0.717) is 6.07 Å². The fourth-order valence-electron chi connectivity index (χ4n) is 1.31. The molecule has 80 valence electrons. The molecule has 0 radical (unpaired) electrons. The molecule has 0 aliphatic rings. The third kappa shape index (κ3) is 1.28.